The molecule has 4 rings (SSSR count). The lowest BCUT2D eigenvalue weighted by Gasteiger charge is -2.10. The van der Waals surface area contributed by atoms with Crippen molar-refractivity contribution in [3.8, 4) is 5.82 Å². The first-order chi connectivity index (χ1) is 11.3. The van der Waals surface area contributed by atoms with Crippen LogP contribution in [0.5, 0.6) is 0 Å². The van der Waals surface area contributed by atoms with E-state index >= 15 is 0 Å². The molecular weight excluding hydrogens is 292 g/mol. The van der Waals surface area contributed by atoms with E-state index in [2.05, 4.69) is 25.6 Å². The van der Waals surface area contributed by atoms with Crippen molar-refractivity contribution in [2.24, 2.45) is 0 Å². The van der Waals surface area contributed by atoms with Gasteiger partial charge in [0.2, 0.25) is 0 Å². The van der Waals surface area contributed by atoms with E-state index in [-0.39, 0.29) is 5.91 Å². The molecule has 0 aliphatic rings. The molecule has 3 heterocycles. The van der Waals surface area contributed by atoms with Crippen LogP contribution in [0.4, 0.5) is 5.69 Å². The van der Waals surface area contributed by atoms with Gasteiger partial charge in [0.15, 0.2) is 5.82 Å². The number of carbonyl (C=O) groups excluding carboxylic acids is 1. The molecule has 0 unspecified atom stereocenters. The zero-order chi connectivity index (χ0) is 15.6. The Bertz CT molecular complexity index is 973. The number of hydrogen-bond donors (Lipinski definition) is 2. The number of hydrogen-bond acceptors (Lipinski definition) is 4. The van der Waals surface area contributed by atoms with E-state index < -0.39 is 0 Å². The number of amides is 1. The fourth-order valence-corrected chi connectivity index (χ4v) is 2.42. The highest BCUT2D eigenvalue weighted by atomic mass is 16.1. The van der Waals surface area contributed by atoms with Crippen LogP contribution in [0.25, 0.3) is 16.7 Å². The van der Waals surface area contributed by atoms with E-state index in [0.717, 1.165) is 5.39 Å². The smallest absolute Gasteiger partial charge is 0.257 e. The van der Waals surface area contributed by atoms with Gasteiger partial charge in [-0.25, -0.2) is 9.67 Å². The zero-order valence-corrected chi connectivity index (χ0v) is 12.0. The summed E-state index contributed by atoms with van der Waals surface area (Å²) in [6.45, 7) is 0. The van der Waals surface area contributed by atoms with Crippen molar-refractivity contribution in [3.05, 3.63) is 66.7 Å². The van der Waals surface area contributed by atoms with E-state index in [1.54, 1.807) is 53.7 Å². The van der Waals surface area contributed by atoms with Gasteiger partial charge in [-0.05, 0) is 24.3 Å². The zero-order valence-electron chi connectivity index (χ0n) is 12.0. The average molecular weight is 304 g/mol. The van der Waals surface area contributed by atoms with Gasteiger partial charge >= 0.3 is 0 Å². The molecule has 4 aromatic rings. The maximum Gasteiger partial charge on any atom is 0.257 e. The number of aromatic nitrogens is 5. The molecule has 2 N–H and O–H groups in total. The van der Waals surface area contributed by atoms with Crippen molar-refractivity contribution < 1.29 is 4.79 Å². The minimum Gasteiger partial charge on any atom is -0.319 e. The Balaban J connectivity index is 1.72. The molecule has 0 bridgehead atoms. The molecule has 23 heavy (non-hydrogen) atoms. The van der Waals surface area contributed by atoms with E-state index in [1.807, 2.05) is 12.1 Å². The number of nitrogens with zero attached hydrogens (tertiary/aromatic N) is 4. The van der Waals surface area contributed by atoms with Gasteiger partial charge in [0.1, 0.15) is 0 Å². The van der Waals surface area contributed by atoms with Crippen LogP contribution in [-0.4, -0.2) is 30.9 Å². The molecule has 0 fully saturated rings. The minimum absolute atomic E-state index is 0.235. The number of benzene rings is 1. The fraction of sp³-hybridized carbons (Fsp3) is 0. The molecule has 1 aromatic carbocycles. The molecule has 0 atom stereocenters. The first-order valence-electron chi connectivity index (χ1n) is 7.01. The van der Waals surface area contributed by atoms with Crippen molar-refractivity contribution in [1.29, 1.82) is 0 Å². The number of pyridine rings is 1. The molecule has 0 spiro atoms. The number of aromatic amines is 1. The predicted molar refractivity (Wildman–Crippen MR) is 85.4 cm³/mol. The number of rotatable bonds is 3. The second-order valence-electron chi connectivity index (χ2n) is 4.92. The molecule has 0 saturated heterocycles. The van der Waals surface area contributed by atoms with Gasteiger partial charge in [-0.15, -0.1) is 0 Å². The first-order valence-corrected chi connectivity index (χ1v) is 7.01. The van der Waals surface area contributed by atoms with Gasteiger partial charge in [0.05, 0.1) is 23.0 Å². The number of para-hydroxylation sites is 1. The molecule has 0 aliphatic heterocycles. The van der Waals surface area contributed by atoms with Crippen molar-refractivity contribution in [1.82, 2.24) is 25.0 Å². The van der Waals surface area contributed by atoms with Crippen molar-refractivity contribution in [3.63, 3.8) is 0 Å². The summed E-state index contributed by atoms with van der Waals surface area (Å²) in [7, 11) is 0. The summed E-state index contributed by atoms with van der Waals surface area (Å²) in [6.07, 6.45) is 6.77. The van der Waals surface area contributed by atoms with Crippen molar-refractivity contribution in [2.75, 3.05) is 5.32 Å². The third-order valence-electron chi connectivity index (χ3n) is 3.48. The van der Waals surface area contributed by atoms with E-state index in [0.29, 0.717) is 22.6 Å². The summed E-state index contributed by atoms with van der Waals surface area (Å²) in [6, 6.07) is 10.8. The number of carbonyl (C=O) groups is 1. The van der Waals surface area contributed by atoms with Crippen LogP contribution < -0.4 is 5.32 Å². The number of nitrogens with one attached hydrogen (secondary N) is 2. The van der Waals surface area contributed by atoms with Crippen LogP contribution >= 0.6 is 0 Å². The van der Waals surface area contributed by atoms with E-state index in [1.165, 1.54) is 0 Å². The maximum atomic E-state index is 12.6. The number of fused-ring (bicyclic) bond motifs is 1. The van der Waals surface area contributed by atoms with Crippen LogP contribution in [0.15, 0.2) is 61.2 Å². The molecule has 0 aliphatic carbocycles. The van der Waals surface area contributed by atoms with Crippen LogP contribution in [0.2, 0.25) is 0 Å². The highest BCUT2D eigenvalue weighted by Gasteiger charge is 2.14. The van der Waals surface area contributed by atoms with Crippen LogP contribution in [-0.2, 0) is 0 Å². The Kier molecular flexibility index (Phi) is 3.09. The van der Waals surface area contributed by atoms with E-state index in [4.69, 9.17) is 0 Å². The van der Waals surface area contributed by atoms with Crippen molar-refractivity contribution >= 4 is 22.5 Å². The summed E-state index contributed by atoms with van der Waals surface area (Å²) < 4.78 is 1.60. The normalized spacial score (nSPS) is 10.8. The Hall–Kier alpha value is -3.48. The molecule has 3 aromatic heterocycles. The third-order valence-corrected chi connectivity index (χ3v) is 3.48. The van der Waals surface area contributed by atoms with Crippen LogP contribution in [0.1, 0.15) is 10.4 Å². The largest absolute Gasteiger partial charge is 0.319 e. The van der Waals surface area contributed by atoms with Gasteiger partial charge in [-0.1, -0.05) is 12.1 Å². The Morgan fingerprint density at radius 1 is 1.13 bits per heavy atom. The number of H-pyrrole nitrogens is 1. The minimum atomic E-state index is -0.235. The monoisotopic (exact) mass is 304 g/mol. The topological polar surface area (TPSA) is 88.5 Å². The first kappa shape index (κ1) is 13.2. The Labute approximate surface area is 131 Å². The second kappa shape index (κ2) is 5.38. The molecule has 0 saturated carbocycles. The summed E-state index contributed by atoms with van der Waals surface area (Å²) >= 11 is 0. The maximum absolute atomic E-state index is 12.6. The average Bonchev–Trinajstić information content (AvgIpc) is 3.26. The number of anilines is 1. The third kappa shape index (κ3) is 2.34. The van der Waals surface area contributed by atoms with Gasteiger partial charge in [-0.2, -0.15) is 10.2 Å². The lowest BCUT2D eigenvalue weighted by atomic mass is 10.1. The SMILES string of the molecule is O=C(Nc1cccnc1-n1cccn1)c1cccc2cn[nH]c12. The predicted octanol–water partition coefficient (Wildman–Crippen LogP) is 2.40. The quantitative estimate of drug-likeness (QED) is 0.608. The Morgan fingerprint density at radius 3 is 2.96 bits per heavy atom. The van der Waals surface area contributed by atoms with Crippen LogP contribution in [0, 0.1) is 0 Å². The molecule has 0 radical (unpaired) electrons. The van der Waals surface area contributed by atoms with Crippen LogP contribution in [0.3, 0.4) is 0 Å². The fourth-order valence-electron chi connectivity index (χ4n) is 2.42. The molecule has 112 valence electrons. The second-order valence-corrected chi connectivity index (χ2v) is 4.92. The summed E-state index contributed by atoms with van der Waals surface area (Å²) in [5.41, 5.74) is 1.81. The summed E-state index contributed by atoms with van der Waals surface area (Å²) in [4.78, 5) is 16.9. The summed E-state index contributed by atoms with van der Waals surface area (Å²) in [5.74, 6) is 0.323. The van der Waals surface area contributed by atoms with Gasteiger partial charge in [0, 0.05) is 24.0 Å². The molecule has 7 heteroatoms. The lowest BCUT2D eigenvalue weighted by Crippen LogP contribution is -2.15. The van der Waals surface area contributed by atoms with Crippen molar-refractivity contribution in [2.45, 2.75) is 0 Å². The van der Waals surface area contributed by atoms with Gasteiger partial charge < -0.3 is 5.32 Å². The molecular formula is C16H12N6O. The van der Waals surface area contributed by atoms with Gasteiger partial charge in [-0.3, -0.25) is 9.89 Å². The lowest BCUT2D eigenvalue weighted by molar-refractivity contribution is 0.102. The highest BCUT2D eigenvalue weighted by Crippen LogP contribution is 2.20. The van der Waals surface area contributed by atoms with E-state index in [9.17, 15) is 4.79 Å². The highest BCUT2D eigenvalue weighted by molar-refractivity contribution is 6.12. The van der Waals surface area contributed by atoms with Gasteiger partial charge in [0.25, 0.3) is 5.91 Å². The standard InChI is InChI=1S/C16H12N6O/c23-16(12-5-1-4-11-10-18-21-14(11)12)20-13-6-2-7-17-15(13)22-9-3-8-19-22/h1-10H,(H,18,21)(H,20,23). The summed E-state index contributed by atoms with van der Waals surface area (Å²) in [5, 5.41) is 14.8. The molecule has 7 nitrogen and oxygen atoms in total. The Morgan fingerprint density at radius 2 is 2.09 bits per heavy atom. The molecule has 1 amide bonds.